The Bertz CT molecular complexity index is 410. The Kier molecular flexibility index (Phi) is 5.11. The van der Waals surface area contributed by atoms with Crippen LogP contribution in [-0.4, -0.2) is 11.9 Å². The molecule has 0 saturated heterocycles. The lowest BCUT2D eigenvalue weighted by molar-refractivity contribution is 0.411. The molecule has 3 heteroatoms. The van der Waals surface area contributed by atoms with E-state index in [9.17, 15) is 0 Å². The molecule has 1 aromatic carbocycles. The van der Waals surface area contributed by atoms with Crippen molar-refractivity contribution in [3.8, 4) is 5.75 Å². The van der Waals surface area contributed by atoms with Crippen LogP contribution in [0.3, 0.4) is 0 Å². The van der Waals surface area contributed by atoms with Gasteiger partial charge < -0.3 is 4.74 Å². The van der Waals surface area contributed by atoms with Gasteiger partial charge in [0.15, 0.2) is 0 Å². The molecule has 1 aromatic rings. The second-order valence-electron chi connectivity index (χ2n) is 5.66. The van der Waals surface area contributed by atoms with E-state index in [0.717, 1.165) is 5.75 Å². The average molecular weight is 267 g/mol. The number of benzene rings is 1. The molecule has 1 rings (SSSR count). The molecule has 0 amide bonds. The third-order valence-electron chi connectivity index (χ3n) is 3.01. The molecule has 0 aliphatic heterocycles. The maximum Gasteiger partial charge on any atom is 0.122 e. The summed E-state index contributed by atoms with van der Waals surface area (Å²) in [6.45, 7) is 13.1. The zero-order valence-electron chi connectivity index (χ0n) is 12.5. The fourth-order valence-electron chi connectivity index (χ4n) is 1.84. The van der Waals surface area contributed by atoms with Crippen LogP contribution in [0.4, 0.5) is 0 Å². The normalized spacial score (nSPS) is 13.5. The lowest BCUT2D eigenvalue weighted by Crippen LogP contribution is -2.20. The number of nitrogens with one attached hydrogen (secondary N) is 1. The number of methoxy groups -OCH3 is 1. The summed E-state index contributed by atoms with van der Waals surface area (Å²) in [5.41, 5.74) is 3.87. The Labute approximate surface area is 116 Å². The van der Waals surface area contributed by atoms with Gasteiger partial charge in [-0.05, 0) is 64.3 Å². The molecular weight excluding hydrogens is 242 g/mol. The molecule has 0 heterocycles. The van der Waals surface area contributed by atoms with Crippen molar-refractivity contribution < 1.29 is 4.74 Å². The predicted molar refractivity (Wildman–Crippen MR) is 81.4 cm³/mol. The second-order valence-corrected chi connectivity index (χ2v) is 7.33. The third kappa shape index (κ3) is 3.92. The molecule has 0 bridgehead atoms. The highest BCUT2D eigenvalue weighted by atomic mass is 32.2. The molecule has 102 valence electrons. The van der Waals surface area contributed by atoms with Crippen LogP contribution in [0.5, 0.6) is 5.75 Å². The van der Waals surface area contributed by atoms with Crippen molar-refractivity contribution in [2.75, 3.05) is 7.11 Å². The Balaban J connectivity index is 2.87. The Morgan fingerprint density at radius 3 is 2.28 bits per heavy atom. The first-order chi connectivity index (χ1) is 8.26. The minimum Gasteiger partial charge on any atom is -0.496 e. The maximum absolute atomic E-state index is 5.35. The van der Waals surface area contributed by atoms with Gasteiger partial charge in [-0.1, -0.05) is 18.0 Å². The lowest BCUT2D eigenvalue weighted by atomic mass is 9.98. The van der Waals surface area contributed by atoms with Gasteiger partial charge in [-0.3, -0.25) is 4.72 Å². The van der Waals surface area contributed by atoms with E-state index >= 15 is 0 Å². The molecular formula is C15H25NOS. The van der Waals surface area contributed by atoms with Crippen molar-refractivity contribution in [1.82, 2.24) is 4.72 Å². The summed E-state index contributed by atoms with van der Waals surface area (Å²) in [4.78, 5) is 0. The average Bonchev–Trinajstić information content (AvgIpc) is 2.28. The summed E-state index contributed by atoms with van der Waals surface area (Å²) in [5.74, 6) is 0.965. The van der Waals surface area contributed by atoms with Crippen LogP contribution in [0.15, 0.2) is 12.1 Å². The zero-order chi connectivity index (χ0) is 13.9. The molecule has 0 aliphatic rings. The summed E-state index contributed by atoms with van der Waals surface area (Å²) in [6.07, 6.45) is 0. The van der Waals surface area contributed by atoms with Crippen molar-refractivity contribution in [2.24, 2.45) is 0 Å². The molecule has 0 saturated carbocycles. The number of hydrogen-bond donors (Lipinski definition) is 1. The first kappa shape index (κ1) is 15.4. The van der Waals surface area contributed by atoms with E-state index in [1.165, 1.54) is 16.7 Å². The molecule has 1 atom stereocenters. The maximum atomic E-state index is 5.35. The largest absolute Gasteiger partial charge is 0.496 e. The Morgan fingerprint density at radius 1 is 1.17 bits per heavy atom. The molecule has 0 fully saturated rings. The van der Waals surface area contributed by atoms with Gasteiger partial charge in [0.2, 0.25) is 0 Å². The smallest absolute Gasteiger partial charge is 0.122 e. The molecule has 0 aliphatic carbocycles. The van der Waals surface area contributed by atoms with Gasteiger partial charge in [0.1, 0.15) is 5.75 Å². The molecule has 0 spiro atoms. The van der Waals surface area contributed by atoms with E-state index in [1.807, 2.05) is 0 Å². The Hall–Kier alpha value is -0.670. The summed E-state index contributed by atoms with van der Waals surface area (Å²) in [6, 6.07) is 4.54. The van der Waals surface area contributed by atoms with Gasteiger partial charge in [-0.15, -0.1) is 0 Å². The summed E-state index contributed by atoms with van der Waals surface area (Å²) >= 11 is 1.78. The van der Waals surface area contributed by atoms with Crippen LogP contribution in [-0.2, 0) is 0 Å². The molecule has 2 nitrogen and oxygen atoms in total. The van der Waals surface area contributed by atoms with Gasteiger partial charge >= 0.3 is 0 Å². The number of ether oxygens (including phenoxy) is 1. The highest BCUT2D eigenvalue weighted by Gasteiger charge is 2.16. The highest BCUT2D eigenvalue weighted by Crippen LogP contribution is 2.30. The van der Waals surface area contributed by atoms with E-state index in [0.29, 0.717) is 6.04 Å². The molecule has 18 heavy (non-hydrogen) atoms. The van der Waals surface area contributed by atoms with E-state index in [1.54, 1.807) is 19.1 Å². The topological polar surface area (TPSA) is 21.3 Å². The van der Waals surface area contributed by atoms with Gasteiger partial charge in [0.25, 0.3) is 0 Å². The van der Waals surface area contributed by atoms with E-state index in [4.69, 9.17) is 4.74 Å². The molecule has 1 N–H and O–H groups in total. The van der Waals surface area contributed by atoms with Crippen LogP contribution in [0.25, 0.3) is 0 Å². The first-order valence-corrected chi connectivity index (χ1v) is 7.15. The predicted octanol–water partition coefficient (Wildman–Crippen LogP) is 4.41. The SMILES string of the molecule is COc1ccc([C@H](C)NSC(C)(C)C)c(C)c1C. The van der Waals surface area contributed by atoms with E-state index in [2.05, 4.69) is 58.4 Å². The summed E-state index contributed by atoms with van der Waals surface area (Å²) in [7, 11) is 1.72. The minimum atomic E-state index is 0.226. The Morgan fingerprint density at radius 2 is 1.78 bits per heavy atom. The molecule has 0 radical (unpaired) electrons. The van der Waals surface area contributed by atoms with Gasteiger partial charge in [0.05, 0.1) is 7.11 Å². The standard InChI is InChI=1S/C15H25NOS/c1-10-11(2)14(17-7)9-8-13(10)12(3)16-18-15(4,5)6/h8-9,12,16H,1-7H3/t12-/m0/s1. The van der Waals surface area contributed by atoms with Crippen molar-refractivity contribution >= 4 is 11.9 Å². The van der Waals surface area contributed by atoms with Crippen LogP contribution < -0.4 is 9.46 Å². The van der Waals surface area contributed by atoms with Gasteiger partial charge in [-0.2, -0.15) is 0 Å². The molecule has 0 aromatic heterocycles. The quantitative estimate of drug-likeness (QED) is 0.817. The van der Waals surface area contributed by atoms with Crippen molar-refractivity contribution in [3.05, 3.63) is 28.8 Å². The highest BCUT2D eigenvalue weighted by molar-refractivity contribution is 7.98. The molecule has 0 unspecified atom stereocenters. The van der Waals surface area contributed by atoms with Crippen LogP contribution in [0, 0.1) is 13.8 Å². The van der Waals surface area contributed by atoms with Crippen molar-refractivity contribution in [1.29, 1.82) is 0 Å². The first-order valence-electron chi connectivity index (χ1n) is 6.34. The van der Waals surface area contributed by atoms with Crippen LogP contribution >= 0.6 is 11.9 Å². The number of hydrogen-bond acceptors (Lipinski definition) is 3. The zero-order valence-corrected chi connectivity index (χ0v) is 13.4. The van der Waals surface area contributed by atoms with Crippen molar-refractivity contribution in [3.63, 3.8) is 0 Å². The second kappa shape index (κ2) is 5.98. The van der Waals surface area contributed by atoms with Crippen LogP contribution in [0.1, 0.15) is 50.4 Å². The lowest BCUT2D eigenvalue weighted by Gasteiger charge is -2.24. The van der Waals surface area contributed by atoms with Crippen LogP contribution in [0.2, 0.25) is 0 Å². The fraction of sp³-hybridized carbons (Fsp3) is 0.600. The van der Waals surface area contributed by atoms with E-state index in [-0.39, 0.29) is 4.75 Å². The summed E-state index contributed by atoms with van der Waals surface area (Å²) < 4.78 is 9.10. The summed E-state index contributed by atoms with van der Waals surface area (Å²) in [5, 5.41) is 0. The third-order valence-corrected chi connectivity index (χ3v) is 4.09. The van der Waals surface area contributed by atoms with E-state index < -0.39 is 0 Å². The van der Waals surface area contributed by atoms with Gasteiger partial charge in [-0.25, -0.2) is 0 Å². The fourth-order valence-corrected chi connectivity index (χ4v) is 2.49. The minimum absolute atomic E-state index is 0.226. The monoisotopic (exact) mass is 267 g/mol. The van der Waals surface area contributed by atoms with Crippen molar-refractivity contribution in [2.45, 2.75) is 52.3 Å². The number of rotatable bonds is 4. The van der Waals surface area contributed by atoms with Gasteiger partial charge in [0, 0.05) is 10.8 Å².